The highest BCUT2D eigenvalue weighted by Gasteiger charge is 2.39. The molecule has 0 fully saturated rings. The number of hydrogen-bond donors (Lipinski definition) is 0. The minimum Gasteiger partial charge on any atom is -0.264 e. The Labute approximate surface area is 854 Å². The highest BCUT2D eigenvalue weighted by molar-refractivity contribution is 6.26. The fourth-order valence-electron chi connectivity index (χ4n) is 25.2. The first-order valence-corrected chi connectivity index (χ1v) is 51.2. The van der Waals surface area contributed by atoms with E-state index in [2.05, 4.69) is 502 Å². The number of para-hydroxylation sites is 1. The SMILES string of the molecule is CC1(C)c2ccccc2-c2cc(-c3c4ccccc4c(-c4ccc5ccc6cccnc6c5n4)c4ccc(-c5ccc6ccccc6c5)cc34)ccc21.CC1(C)c2ccccc2-c2cc(-c3c4ccccc4c(-c4ccc5ccccc5n4)c4ccc(-c5ccc6ccccc6c5)cc34)ccc21.CC1(C)c2ccccc2-c2cc(-c3c4ccccc4c(-c4cccnc4)c4ccc(-c5ccc6ccccc6c5)cc34)ccc21. The second-order valence-corrected chi connectivity index (χ2v) is 41.7. The number of pyridine rings is 4. The molecular weight excluding hydrogens is 1770 g/mol. The third kappa shape index (κ3) is 14.1. The van der Waals surface area contributed by atoms with Crippen LogP contribution in [0.1, 0.15) is 74.9 Å². The molecule has 0 bridgehead atoms. The zero-order valence-electron chi connectivity index (χ0n) is 82.5. The summed E-state index contributed by atoms with van der Waals surface area (Å²) in [7, 11) is 0. The molecule has 4 heterocycles. The Morgan fingerprint density at radius 3 is 0.864 bits per heavy atom. The maximum absolute atomic E-state index is 5.42. The van der Waals surface area contributed by atoms with Gasteiger partial charge in [0.25, 0.3) is 0 Å². The van der Waals surface area contributed by atoms with E-state index in [0.717, 1.165) is 55.2 Å². The predicted octanol–water partition coefficient (Wildman–Crippen LogP) is 38.4. The molecule has 3 aliphatic carbocycles. The predicted molar refractivity (Wildman–Crippen MR) is 622 cm³/mol. The summed E-state index contributed by atoms with van der Waals surface area (Å²) in [6.07, 6.45) is 5.71. The van der Waals surface area contributed by atoms with Gasteiger partial charge in [-0.3, -0.25) is 9.97 Å². The molecule has 0 spiro atoms. The average Bonchev–Trinajstić information content (AvgIpc) is 1.60. The Hall–Kier alpha value is -18.2. The molecule has 0 atom stereocenters. The van der Waals surface area contributed by atoms with Crippen molar-refractivity contribution in [2.45, 2.75) is 57.8 Å². The van der Waals surface area contributed by atoms with E-state index in [0.29, 0.717) is 0 Å². The number of benzene rings is 23. The third-order valence-corrected chi connectivity index (χ3v) is 32.4. The van der Waals surface area contributed by atoms with Crippen LogP contribution in [0.15, 0.2) is 486 Å². The van der Waals surface area contributed by atoms with Gasteiger partial charge in [0.2, 0.25) is 0 Å². The van der Waals surface area contributed by atoms with Crippen LogP contribution >= 0.6 is 0 Å². The molecule has 0 aliphatic heterocycles. The van der Waals surface area contributed by atoms with Crippen LogP contribution in [0.4, 0.5) is 0 Å². The third-order valence-electron chi connectivity index (χ3n) is 32.4. The van der Waals surface area contributed by atoms with Gasteiger partial charge in [0.1, 0.15) is 0 Å². The molecule has 0 N–H and O–H groups in total. The van der Waals surface area contributed by atoms with Crippen LogP contribution in [-0.2, 0) is 16.2 Å². The smallest absolute Gasteiger partial charge is 0.0972 e. The molecule has 0 amide bonds. The van der Waals surface area contributed by atoms with Crippen LogP contribution in [-0.4, -0.2) is 19.9 Å². The van der Waals surface area contributed by atoms with Crippen molar-refractivity contribution in [3.05, 3.63) is 519 Å². The van der Waals surface area contributed by atoms with Crippen molar-refractivity contribution in [3.63, 3.8) is 0 Å². The molecule has 4 nitrogen and oxygen atoms in total. The van der Waals surface area contributed by atoms with Gasteiger partial charge in [0, 0.05) is 67.7 Å². The molecule has 4 heteroatoms. The molecule has 4 aromatic heterocycles. The lowest BCUT2D eigenvalue weighted by atomic mass is 9.81. The van der Waals surface area contributed by atoms with E-state index in [4.69, 9.17) is 15.0 Å². The topological polar surface area (TPSA) is 51.6 Å². The maximum Gasteiger partial charge on any atom is 0.0972 e. The molecule has 147 heavy (non-hydrogen) atoms. The van der Waals surface area contributed by atoms with Gasteiger partial charge in [0.15, 0.2) is 0 Å². The summed E-state index contributed by atoms with van der Waals surface area (Å²) in [4.78, 5) is 20.0. The number of fused-ring (bicyclic) bond motifs is 22. The zero-order chi connectivity index (χ0) is 98.1. The van der Waals surface area contributed by atoms with E-state index < -0.39 is 0 Å². The number of aromatic nitrogens is 4. The van der Waals surface area contributed by atoms with Crippen LogP contribution in [0.3, 0.4) is 0 Å². The van der Waals surface area contributed by atoms with Crippen molar-refractivity contribution in [1.82, 2.24) is 19.9 Å². The summed E-state index contributed by atoms with van der Waals surface area (Å²) in [5, 5.41) is 25.5. The highest BCUT2D eigenvalue weighted by Crippen LogP contribution is 2.57. The lowest BCUT2D eigenvalue weighted by molar-refractivity contribution is 0.660. The first-order chi connectivity index (χ1) is 72.1. The Balaban J connectivity index is 0.000000107. The van der Waals surface area contributed by atoms with E-state index in [9.17, 15) is 0 Å². The van der Waals surface area contributed by atoms with Gasteiger partial charge >= 0.3 is 0 Å². The molecule has 23 aromatic carbocycles. The van der Waals surface area contributed by atoms with E-state index in [1.54, 1.807) is 0 Å². The van der Waals surface area contributed by atoms with Gasteiger partial charge in [-0.05, 0) is 321 Å². The van der Waals surface area contributed by atoms with Gasteiger partial charge in [-0.25, -0.2) is 9.97 Å². The maximum atomic E-state index is 5.42. The van der Waals surface area contributed by atoms with Crippen molar-refractivity contribution in [1.29, 1.82) is 0 Å². The van der Waals surface area contributed by atoms with E-state index in [1.807, 2.05) is 30.7 Å². The number of nitrogens with zero attached hydrogens (tertiary/aromatic N) is 4. The molecule has 0 saturated heterocycles. The minimum absolute atomic E-state index is 0.0258. The lowest BCUT2D eigenvalue weighted by Crippen LogP contribution is -2.14. The van der Waals surface area contributed by atoms with Gasteiger partial charge in [-0.15, -0.1) is 0 Å². The second-order valence-electron chi connectivity index (χ2n) is 41.7. The van der Waals surface area contributed by atoms with E-state index in [-0.39, 0.29) is 16.2 Å². The molecule has 3 aliphatic rings. The summed E-state index contributed by atoms with van der Waals surface area (Å²) < 4.78 is 0. The lowest BCUT2D eigenvalue weighted by Gasteiger charge is -2.22. The monoisotopic (exact) mass is 1870 g/mol. The molecule has 27 aromatic rings. The molecule has 690 valence electrons. The number of hydrogen-bond acceptors (Lipinski definition) is 4. The van der Waals surface area contributed by atoms with Crippen molar-refractivity contribution in [3.8, 4) is 134 Å². The summed E-state index contributed by atoms with van der Waals surface area (Å²) in [5.74, 6) is 0. The molecule has 0 unspecified atom stereocenters. The molecule has 30 rings (SSSR count). The first-order valence-electron chi connectivity index (χ1n) is 51.2. The molecule has 0 saturated carbocycles. The summed E-state index contributed by atoms with van der Waals surface area (Å²) >= 11 is 0. The fourth-order valence-corrected chi connectivity index (χ4v) is 25.2. The quantitative estimate of drug-likeness (QED) is 0.107. The fraction of sp³-hybridized carbons (Fsp3) is 0.0629. The Morgan fingerprint density at radius 1 is 0.163 bits per heavy atom. The molecule has 0 radical (unpaired) electrons. The summed E-state index contributed by atoms with van der Waals surface area (Å²) in [6, 6.07) is 172. The van der Waals surface area contributed by atoms with Gasteiger partial charge < -0.3 is 0 Å². The Morgan fingerprint density at radius 2 is 0.449 bits per heavy atom. The second kappa shape index (κ2) is 34.0. The first kappa shape index (κ1) is 86.6. The Kier molecular flexibility index (Phi) is 20.0. The van der Waals surface area contributed by atoms with Crippen LogP contribution < -0.4 is 0 Å². The van der Waals surface area contributed by atoms with Gasteiger partial charge in [-0.1, -0.05) is 424 Å². The van der Waals surface area contributed by atoms with Crippen LogP contribution in [0.5, 0.6) is 0 Å². The average molecular weight is 1870 g/mol. The van der Waals surface area contributed by atoms with Crippen LogP contribution in [0.2, 0.25) is 0 Å². The largest absolute Gasteiger partial charge is 0.264 e. The van der Waals surface area contributed by atoms with Crippen molar-refractivity contribution in [2.24, 2.45) is 0 Å². The van der Waals surface area contributed by atoms with Crippen molar-refractivity contribution < 1.29 is 0 Å². The van der Waals surface area contributed by atoms with Gasteiger partial charge in [-0.2, -0.15) is 0 Å². The minimum atomic E-state index is -0.0531. The summed E-state index contributed by atoms with van der Waals surface area (Å²) in [5.41, 5.74) is 40.5. The van der Waals surface area contributed by atoms with E-state index in [1.165, 1.54) is 242 Å². The van der Waals surface area contributed by atoms with E-state index >= 15 is 0 Å². The summed E-state index contributed by atoms with van der Waals surface area (Å²) in [6.45, 7) is 14.1. The van der Waals surface area contributed by atoms with Gasteiger partial charge in [0.05, 0.1) is 27.9 Å². The normalized spacial score (nSPS) is 13.3. The standard InChI is InChI=1S/C51H34N2.C48H33N.C44H31N/c1-51(2)44-16-8-7-13-38(44)42-30-37(22-25-45(42)51)47-39-14-5-6-15-40(39)48(46-26-23-33-19-18-32-12-9-27-52-49(32)50(33)53-46)41-24-21-36(29-43(41)47)35-20-17-31-10-3-4-11-34(31)28-35;1-48(2)42-17-9-8-14-36(42)40-29-35(22-25-43(40)48)46-37-15-6-7-16-38(37)47(45-26-23-31-12-5-10-18-44(31)49-45)39-24-21-34(28-41(39)46)33-20-19-30-11-3-4-13-32(30)27-33;1-44(2)40-16-8-7-13-34(40)38-26-32(20-22-41(38)44)42-35-14-5-6-15-36(35)43(33-12-9-23-45-27-33)37-21-19-31(25-39(37)42)30-18-17-28-10-3-4-11-29(28)24-30/h3-30H,1-2H3;3-29H,1-2H3;3-27H,1-2H3. The van der Waals surface area contributed by atoms with Crippen molar-refractivity contribution in [2.75, 3.05) is 0 Å². The van der Waals surface area contributed by atoms with Crippen molar-refractivity contribution >= 4 is 130 Å². The Bertz CT molecular complexity index is 10200. The number of rotatable bonds is 9. The highest BCUT2D eigenvalue weighted by atomic mass is 14.8. The zero-order valence-corrected chi connectivity index (χ0v) is 82.5. The van der Waals surface area contributed by atoms with Crippen LogP contribution in [0.25, 0.3) is 263 Å². The molecular formula is C143H98N4. The van der Waals surface area contributed by atoms with Crippen LogP contribution in [0, 0.1) is 0 Å².